The Kier molecular flexibility index (Phi) is 4.01. The van der Waals surface area contributed by atoms with Crippen LogP contribution in [-0.4, -0.2) is 48.1 Å². The molecule has 0 spiro atoms. The summed E-state index contributed by atoms with van der Waals surface area (Å²) in [5.41, 5.74) is 0. The first kappa shape index (κ1) is 13.2. The summed E-state index contributed by atoms with van der Waals surface area (Å²) in [6, 6.07) is -0.841. The van der Waals surface area contributed by atoms with Gasteiger partial charge in [0.1, 0.15) is 0 Å². The molecule has 1 atom stereocenters. The molecule has 0 saturated carbocycles. The number of hydroxylamine groups is 2. The van der Waals surface area contributed by atoms with E-state index in [-0.39, 0.29) is 35.6 Å². The van der Waals surface area contributed by atoms with E-state index in [2.05, 4.69) is 4.28 Å². The van der Waals surface area contributed by atoms with Gasteiger partial charge in [-0.15, -0.1) is 0 Å². The zero-order valence-corrected chi connectivity index (χ0v) is 11.1. The fraction of sp³-hybridized carbons (Fsp3) is 0.833. The summed E-state index contributed by atoms with van der Waals surface area (Å²) in [6.45, 7) is 1.03. The van der Waals surface area contributed by atoms with E-state index < -0.39 is 16.4 Å². The molecule has 0 aromatic carbocycles. The molecule has 80 valence electrons. The summed E-state index contributed by atoms with van der Waals surface area (Å²) >= 11 is 0. The molecule has 0 aromatic heterocycles. The van der Waals surface area contributed by atoms with Gasteiger partial charge in [0.15, 0.2) is 0 Å². The molecule has 7 nitrogen and oxygen atoms in total. The maximum atomic E-state index is 11.4. The predicted octanol–water partition coefficient (Wildman–Crippen LogP) is -3.72. The second-order valence-electron chi connectivity index (χ2n) is 3.33. The van der Waals surface area contributed by atoms with E-state index in [9.17, 15) is 17.8 Å². The van der Waals surface area contributed by atoms with Gasteiger partial charge in [0.25, 0.3) is 0 Å². The molecule has 2 saturated heterocycles. The predicted molar refractivity (Wildman–Crippen MR) is 42.6 cm³/mol. The summed E-state index contributed by atoms with van der Waals surface area (Å²) in [6.07, 6.45) is 1.47. The van der Waals surface area contributed by atoms with Crippen molar-refractivity contribution in [3.05, 3.63) is 0 Å². The normalized spacial score (nSPS) is 25.4. The summed E-state index contributed by atoms with van der Waals surface area (Å²) < 4.78 is 35.1. The standard InChI is InChI=1S/C6H10N2O5S.Na/c9-6-7-3-1-2-5(4-7)8(6)13-14(10,11)12;/h5H,1-4H2,(H,10,11,12);/q;+1/p-1. The van der Waals surface area contributed by atoms with Crippen LogP contribution >= 0.6 is 0 Å². The Labute approximate surface area is 110 Å². The number of urea groups is 1. The SMILES string of the molecule is O=C1N2CCCC(C2)N1OS(=O)(=O)[O-].[Na+]. The number of fused-ring (bicyclic) bond motifs is 2. The third-order valence-electron chi connectivity index (χ3n) is 2.36. The number of hydrogen-bond acceptors (Lipinski definition) is 5. The average Bonchev–Trinajstić information content (AvgIpc) is 2.28. The van der Waals surface area contributed by atoms with Crippen molar-refractivity contribution >= 4 is 16.4 Å². The summed E-state index contributed by atoms with van der Waals surface area (Å²) in [7, 11) is -4.85. The van der Waals surface area contributed by atoms with Crippen molar-refractivity contribution < 1.29 is 51.6 Å². The van der Waals surface area contributed by atoms with Gasteiger partial charge in [0.05, 0.1) is 6.04 Å². The summed E-state index contributed by atoms with van der Waals surface area (Å²) in [5, 5.41) is 0.676. The minimum atomic E-state index is -4.85. The van der Waals surface area contributed by atoms with Gasteiger partial charge in [-0.3, -0.25) is 0 Å². The Hall–Kier alpha value is 0.140. The largest absolute Gasteiger partial charge is 1.00 e. The molecule has 0 aliphatic carbocycles. The Bertz CT molecular complexity index is 359. The molecule has 9 heteroatoms. The van der Waals surface area contributed by atoms with Crippen molar-refractivity contribution in [2.75, 3.05) is 13.1 Å². The maximum Gasteiger partial charge on any atom is 1.00 e. The van der Waals surface area contributed by atoms with E-state index in [0.717, 1.165) is 6.42 Å². The monoisotopic (exact) mass is 244 g/mol. The minimum absolute atomic E-state index is 0. The van der Waals surface area contributed by atoms with Crippen LogP contribution in [0.3, 0.4) is 0 Å². The van der Waals surface area contributed by atoms with Crippen LogP contribution in [0, 0.1) is 0 Å². The second kappa shape index (κ2) is 4.56. The third-order valence-corrected chi connectivity index (χ3v) is 2.70. The summed E-state index contributed by atoms with van der Waals surface area (Å²) in [5.74, 6) is 0. The smallest absolute Gasteiger partial charge is 0.724 e. The molecule has 0 radical (unpaired) electrons. The average molecular weight is 244 g/mol. The van der Waals surface area contributed by atoms with E-state index in [1.54, 1.807) is 0 Å². The zero-order chi connectivity index (χ0) is 10.3. The molecule has 2 heterocycles. The van der Waals surface area contributed by atoms with Gasteiger partial charge in [-0.1, -0.05) is 0 Å². The van der Waals surface area contributed by atoms with Crippen LogP contribution in [0.25, 0.3) is 0 Å². The van der Waals surface area contributed by atoms with Gasteiger partial charge in [0, 0.05) is 13.1 Å². The Balaban J connectivity index is 0.00000112. The molecule has 2 rings (SSSR count). The zero-order valence-electron chi connectivity index (χ0n) is 8.25. The number of hydrogen-bond donors (Lipinski definition) is 0. The van der Waals surface area contributed by atoms with E-state index >= 15 is 0 Å². The molecular weight excluding hydrogens is 235 g/mol. The summed E-state index contributed by atoms with van der Waals surface area (Å²) in [4.78, 5) is 12.9. The quantitative estimate of drug-likeness (QED) is 0.283. The van der Waals surface area contributed by atoms with Crippen LogP contribution in [0.1, 0.15) is 12.8 Å². The van der Waals surface area contributed by atoms with Crippen molar-refractivity contribution in [3.63, 3.8) is 0 Å². The Morgan fingerprint density at radius 1 is 1.47 bits per heavy atom. The fourth-order valence-electron chi connectivity index (χ4n) is 1.81. The van der Waals surface area contributed by atoms with Crippen LogP contribution in [0.15, 0.2) is 0 Å². The number of amides is 2. The van der Waals surface area contributed by atoms with E-state index in [4.69, 9.17) is 0 Å². The van der Waals surface area contributed by atoms with Gasteiger partial charge in [-0.25, -0.2) is 13.2 Å². The first-order chi connectivity index (χ1) is 6.47. The van der Waals surface area contributed by atoms with Crippen molar-refractivity contribution in [2.24, 2.45) is 0 Å². The van der Waals surface area contributed by atoms with Crippen molar-refractivity contribution in [3.8, 4) is 0 Å². The molecule has 2 amide bonds. The first-order valence-electron chi connectivity index (χ1n) is 4.21. The molecular formula is C6H9N2NaO5S. The number of rotatable bonds is 2. The molecule has 2 fully saturated rings. The molecule has 2 aliphatic heterocycles. The minimum Gasteiger partial charge on any atom is -0.724 e. The van der Waals surface area contributed by atoms with Crippen molar-refractivity contribution in [2.45, 2.75) is 18.9 Å². The third kappa shape index (κ3) is 2.83. The number of carbonyl (C=O) groups excluding carboxylic acids is 1. The molecule has 0 aromatic rings. The van der Waals surface area contributed by atoms with Crippen molar-refractivity contribution in [1.82, 2.24) is 9.96 Å². The molecule has 2 aliphatic rings. The van der Waals surface area contributed by atoms with Crippen LogP contribution in [0.2, 0.25) is 0 Å². The number of carbonyl (C=O) groups is 1. The van der Waals surface area contributed by atoms with Gasteiger partial charge in [0.2, 0.25) is 10.4 Å². The molecule has 0 N–H and O–H groups in total. The van der Waals surface area contributed by atoms with Crippen LogP contribution in [0.5, 0.6) is 0 Å². The van der Waals surface area contributed by atoms with Crippen LogP contribution in [0.4, 0.5) is 4.79 Å². The first-order valence-corrected chi connectivity index (χ1v) is 5.54. The second-order valence-corrected chi connectivity index (χ2v) is 4.30. The molecule has 15 heavy (non-hydrogen) atoms. The van der Waals surface area contributed by atoms with E-state index in [1.807, 2.05) is 0 Å². The van der Waals surface area contributed by atoms with E-state index in [1.165, 1.54) is 4.90 Å². The van der Waals surface area contributed by atoms with Gasteiger partial charge < -0.3 is 9.45 Å². The van der Waals surface area contributed by atoms with Gasteiger partial charge >= 0.3 is 35.6 Å². The fourth-order valence-corrected chi connectivity index (χ4v) is 2.19. The van der Waals surface area contributed by atoms with Crippen LogP contribution < -0.4 is 29.6 Å². The Morgan fingerprint density at radius 2 is 2.13 bits per heavy atom. The van der Waals surface area contributed by atoms with Crippen molar-refractivity contribution in [1.29, 1.82) is 0 Å². The Morgan fingerprint density at radius 3 is 2.67 bits per heavy atom. The topological polar surface area (TPSA) is 90.0 Å². The number of piperidine rings is 1. The maximum absolute atomic E-state index is 11.4. The molecule has 2 bridgehead atoms. The molecule has 1 unspecified atom stereocenters. The van der Waals surface area contributed by atoms with E-state index in [0.29, 0.717) is 24.6 Å². The number of nitrogens with zero attached hydrogens (tertiary/aromatic N) is 2. The van der Waals surface area contributed by atoms with Crippen LogP contribution in [-0.2, 0) is 14.7 Å². The van der Waals surface area contributed by atoms with Gasteiger partial charge in [-0.05, 0) is 12.8 Å². The van der Waals surface area contributed by atoms with Gasteiger partial charge in [-0.2, -0.15) is 9.35 Å².